The van der Waals surface area contributed by atoms with Crippen LogP contribution >= 0.6 is 0 Å². The second-order valence-corrected chi connectivity index (χ2v) is 24.2. The van der Waals surface area contributed by atoms with Gasteiger partial charge in [0.15, 0.2) is 0 Å². The van der Waals surface area contributed by atoms with Gasteiger partial charge in [0, 0.05) is 12.8 Å². The number of hydrogen-bond acceptors (Lipinski definition) is 5. The SMILES string of the molecule is CCCCCCCCCCCCCCCCCC/C=C/C(O)C(CO)NC(=O)CCCCCCCCCCCC/C=C\CCCCCCCCCCCCCCOC(=O)CCCCCCCCCCCCCCCCCC. The number of nitrogens with one attached hydrogen (secondary N) is 1. The first-order valence-corrected chi connectivity index (χ1v) is 35.1. The van der Waals surface area contributed by atoms with E-state index < -0.39 is 12.1 Å². The zero-order chi connectivity index (χ0) is 55.7. The van der Waals surface area contributed by atoms with Crippen molar-refractivity contribution in [1.29, 1.82) is 0 Å². The first kappa shape index (κ1) is 75.3. The highest BCUT2D eigenvalue weighted by Gasteiger charge is 2.18. The predicted molar refractivity (Wildman–Crippen MR) is 338 cm³/mol. The maximum Gasteiger partial charge on any atom is 0.305 e. The number of carbonyl (C=O) groups excluding carboxylic acids is 2. The Kier molecular flexibility index (Phi) is 65.4. The van der Waals surface area contributed by atoms with Crippen LogP contribution in [0.4, 0.5) is 0 Å². The topological polar surface area (TPSA) is 95.9 Å². The Hall–Kier alpha value is -1.66. The number of ether oxygens (including phenoxy) is 1. The summed E-state index contributed by atoms with van der Waals surface area (Å²) in [5, 5.41) is 23.2. The summed E-state index contributed by atoms with van der Waals surface area (Å²) < 4.78 is 5.50. The smallest absolute Gasteiger partial charge is 0.305 e. The van der Waals surface area contributed by atoms with E-state index in [2.05, 4.69) is 31.3 Å². The molecule has 0 aliphatic carbocycles. The molecule has 0 aromatic rings. The Bertz CT molecular complexity index is 1200. The number of hydrogen-bond donors (Lipinski definition) is 3. The van der Waals surface area contributed by atoms with Crippen molar-refractivity contribution in [3.8, 4) is 0 Å². The van der Waals surface area contributed by atoms with Gasteiger partial charge in [0.2, 0.25) is 5.91 Å². The Balaban J connectivity index is 3.40. The lowest BCUT2D eigenvalue weighted by Gasteiger charge is -2.20. The predicted octanol–water partition coefficient (Wildman–Crippen LogP) is 22.5. The number of unbranched alkanes of at least 4 members (excludes halogenated alkanes) is 53. The van der Waals surface area contributed by atoms with Crippen LogP contribution in [0.5, 0.6) is 0 Å². The maximum atomic E-state index is 12.5. The van der Waals surface area contributed by atoms with E-state index in [1.165, 1.54) is 327 Å². The summed E-state index contributed by atoms with van der Waals surface area (Å²) in [5.74, 6) is -0.0484. The maximum absolute atomic E-state index is 12.5. The van der Waals surface area contributed by atoms with Gasteiger partial charge in [-0.25, -0.2) is 0 Å². The molecule has 0 fully saturated rings. The van der Waals surface area contributed by atoms with Gasteiger partial charge in [-0.1, -0.05) is 346 Å². The van der Waals surface area contributed by atoms with Crippen molar-refractivity contribution in [2.45, 2.75) is 405 Å². The first-order chi connectivity index (χ1) is 38.0. The summed E-state index contributed by atoms with van der Waals surface area (Å²) in [6.07, 6.45) is 83.9. The zero-order valence-electron chi connectivity index (χ0n) is 52.2. The Morgan fingerprint density at radius 2 is 0.610 bits per heavy atom. The summed E-state index contributed by atoms with van der Waals surface area (Å²) in [6, 6.07) is -0.629. The quantitative estimate of drug-likeness (QED) is 0.0320. The molecule has 456 valence electrons. The van der Waals surface area contributed by atoms with Crippen LogP contribution in [0.15, 0.2) is 24.3 Å². The van der Waals surface area contributed by atoms with Crippen molar-refractivity contribution in [2.24, 2.45) is 0 Å². The Labute approximate surface area is 481 Å². The summed E-state index contributed by atoms with van der Waals surface area (Å²) in [6.45, 7) is 4.94. The number of allylic oxidation sites excluding steroid dienone is 3. The molecule has 0 saturated carbocycles. The minimum atomic E-state index is -0.846. The number of aliphatic hydroxyl groups excluding tert-OH is 2. The highest BCUT2D eigenvalue weighted by atomic mass is 16.5. The second-order valence-electron chi connectivity index (χ2n) is 24.2. The van der Waals surface area contributed by atoms with Gasteiger partial charge < -0.3 is 20.3 Å². The van der Waals surface area contributed by atoms with Crippen molar-refractivity contribution in [1.82, 2.24) is 5.32 Å². The largest absolute Gasteiger partial charge is 0.466 e. The molecule has 0 rings (SSSR count). The van der Waals surface area contributed by atoms with Gasteiger partial charge in [0.1, 0.15) is 0 Å². The molecule has 2 atom stereocenters. The number of esters is 1. The molecule has 0 aliphatic heterocycles. The van der Waals surface area contributed by atoms with Crippen molar-refractivity contribution < 1.29 is 24.5 Å². The number of carbonyl (C=O) groups is 2. The molecule has 6 heteroatoms. The summed E-state index contributed by atoms with van der Waals surface area (Å²) in [7, 11) is 0. The normalized spacial score (nSPS) is 12.6. The average molecular weight is 1080 g/mol. The van der Waals surface area contributed by atoms with Crippen molar-refractivity contribution in [3.63, 3.8) is 0 Å². The third-order valence-electron chi connectivity index (χ3n) is 16.5. The van der Waals surface area contributed by atoms with Gasteiger partial charge in [0.25, 0.3) is 0 Å². The number of rotatable bonds is 66. The van der Waals surface area contributed by atoms with Gasteiger partial charge in [-0.05, 0) is 57.8 Å². The van der Waals surface area contributed by atoms with E-state index in [9.17, 15) is 19.8 Å². The molecule has 0 aromatic heterocycles. The van der Waals surface area contributed by atoms with Crippen LogP contribution in [0.25, 0.3) is 0 Å². The van der Waals surface area contributed by atoms with E-state index in [4.69, 9.17) is 4.74 Å². The van der Waals surface area contributed by atoms with Crippen LogP contribution in [0.2, 0.25) is 0 Å². The molecule has 0 aliphatic rings. The lowest BCUT2D eigenvalue weighted by atomic mass is 10.0. The van der Waals surface area contributed by atoms with Crippen LogP contribution in [-0.4, -0.2) is 47.4 Å². The summed E-state index contributed by atoms with van der Waals surface area (Å²) >= 11 is 0. The molecule has 3 N–H and O–H groups in total. The van der Waals surface area contributed by atoms with Crippen molar-refractivity contribution in [2.75, 3.05) is 13.2 Å². The van der Waals surface area contributed by atoms with Gasteiger partial charge in [-0.3, -0.25) is 9.59 Å². The highest BCUT2D eigenvalue weighted by Crippen LogP contribution is 2.18. The van der Waals surface area contributed by atoms with E-state index in [0.29, 0.717) is 19.4 Å². The highest BCUT2D eigenvalue weighted by molar-refractivity contribution is 5.76. The van der Waals surface area contributed by atoms with Crippen molar-refractivity contribution >= 4 is 11.9 Å². The minimum absolute atomic E-state index is 0.0181. The van der Waals surface area contributed by atoms with E-state index >= 15 is 0 Å². The van der Waals surface area contributed by atoms with Crippen LogP contribution in [0.1, 0.15) is 393 Å². The first-order valence-electron chi connectivity index (χ1n) is 35.1. The summed E-state index contributed by atoms with van der Waals surface area (Å²) in [5.41, 5.74) is 0. The fraction of sp³-hybridized carbons (Fsp3) is 0.915. The molecule has 77 heavy (non-hydrogen) atoms. The van der Waals surface area contributed by atoms with Crippen LogP contribution in [0.3, 0.4) is 0 Å². The Morgan fingerprint density at radius 1 is 0.351 bits per heavy atom. The van der Waals surface area contributed by atoms with E-state index in [0.717, 1.165) is 38.5 Å². The van der Waals surface area contributed by atoms with Crippen LogP contribution in [-0.2, 0) is 14.3 Å². The average Bonchev–Trinajstić information content (AvgIpc) is 3.43. The van der Waals surface area contributed by atoms with Gasteiger partial charge >= 0.3 is 5.97 Å². The lowest BCUT2D eigenvalue weighted by molar-refractivity contribution is -0.143. The van der Waals surface area contributed by atoms with E-state index in [-0.39, 0.29) is 18.5 Å². The monoisotopic (exact) mass is 1080 g/mol. The molecular formula is C71H137NO5. The molecule has 1 amide bonds. The molecule has 0 saturated heterocycles. The number of aliphatic hydroxyl groups is 2. The van der Waals surface area contributed by atoms with Crippen LogP contribution in [0, 0.1) is 0 Å². The standard InChI is InChI=1S/C71H137NO5/c1-3-5-7-9-11-13-15-17-19-21-32-35-39-43-47-51-55-59-63-69(74)68(67-73)72-70(75)64-60-56-52-48-44-40-36-33-30-28-26-24-22-23-25-27-29-31-34-38-42-46-50-54-58-62-66-77-71(76)65-61-57-53-49-45-41-37-20-18-16-14-12-10-8-6-4-2/h22,24,59,63,68-69,73-74H,3-21,23,25-58,60-62,64-67H2,1-2H3,(H,72,75)/b24-22-,63-59+. The second kappa shape index (κ2) is 66.8. The fourth-order valence-corrected chi connectivity index (χ4v) is 11.1. The zero-order valence-corrected chi connectivity index (χ0v) is 52.2. The lowest BCUT2D eigenvalue weighted by Crippen LogP contribution is -2.45. The van der Waals surface area contributed by atoms with E-state index in [1.807, 2.05) is 6.08 Å². The molecule has 0 spiro atoms. The minimum Gasteiger partial charge on any atom is -0.466 e. The van der Waals surface area contributed by atoms with Crippen molar-refractivity contribution in [3.05, 3.63) is 24.3 Å². The molecule has 0 heterocycles. The molecule has 0 bridgehead atoms. The molecule has 0 aromatic carbocycles. The van der Waals surface area contributed by atoms with E-state index in [1.54, 1.807) is 6.08 Å². The molecule has 0 radical (unpaired) electrons. The fourth-order valence-electron chi connectivity index (χ4n) is 11.1. The molecule has 6 nitrogen and oxygen atoms in total. The van der Waals surface area contributed by atoms with Crippen LogP contribution < -0.4 is 5.32 Å². The third-order valence-corrected chi connectivity index (χ3v) is 16.5. The van der Waals surface area contributed by atoms with Gasteiger partial charge in [-0.2, -0.15) is 0 Å². The molecule has 2 unspecified atom stereocenters. The Morgan fingerprint density at radius 3 is 0.922 bits per heavy atom. The van der Waals surface area contributed by atoms with Gasteiger partial charge in [-0.15, -0.1) is 0 Å². The summed E-state index contributed by atoms with van der Waals surface area (Å²) in [4.78, 5) is 24.6. The number of amides is 1. The third kappa shape index (κ3) is 63.4. The van der Waals surface area contributed by atoms with Gasteiger partial charge in [0.05, 0.1) is 25.4 Å². The molecular weight excluding hydrogens is 947 g/mol.